The van der Waals surface area contributed by atoms with E-state index in [-0.39, 0.29) is 6.61 Å². The van der Waals surface area contributed by atoms with Crippen LogP contribution in [0.3, 0.4) is 0 Å². The number of carbonyl (C=O) groups excluding carboxylic acids is 1. The van der Waals surface area contributed by atoms with E-state index in [1.54, 1.807) is 0 Å². The summed E-state index contributed by atoms with van der Waals surface area (Å²) in [4.78, 5) is 10.6. The molecule has 1 saturated heterocycles. The molecule has 0 aromatic heterocycles. The van der Waals surface area contributed by atoms with Gasteiger partial charge in [0.25, 0.3) is 0 Å². The maximum atomic E-state index is 12.5. The van der Waals surface area contributed by atoms with Crippen LogP contribution < -0.4 is 0 Å². The highest BCUT2D eigenvalue weighted by molar-refractivity contribution is 5.81. The van der Waals surface area contributed by atoms with Gasteiger partial charge in [0.2, 0.25) is 0 Å². The minimum absolute atomic E-state index is 0.0306. The molecule has 0 N–H and O–H groups in total. The third-order valence-electron chi connectivity index (χ3n) is 2.29. The summed E-state index contributed by atoms with van der Waals surface area (Å²) in [7, 11) is 0. The van der Waals surface area contributed by atoms with E-state index in [2.05, 4.69) is 11.3 Å². The summed E-state index contributed by atoms with van der Waals surface area (Å²) in [6.07, 6.45) is -3.61. The summed E-state index contributed by atoms with van der Waals surface area (Å²) in [5.74, 6) is -2.65. The summed E-state index contributed by atoms with van der Waals surface area (Å²) >= 11 is 0. The quantitative estimate of drug-likeness (QED) is 0.414. The Morgan fingerprint density at radius 1 is 1.73 bits per heavy atom. The highest BCUT2D eigenvalue weighted by atomic mass is 19.4. The molecule has 0 aromatic carbocycles. The lowest BCUT2D eigenvalue weighted by Crippen LogP contribution is -2.39. The van der Waals surface area contributed by atoms with Gasteiger partial charge in [-0.1, -0.05) is 6.58 Å². The minimum atomic E-state index is -4.44. The molecule has 0 radical (unpaired) electrons. The molecule has 1 aliphatic rings. The first-order valence-corrected chi connectivity index (χ1v) is 4.29. The number of alkyl halides is 3. The first-order valence-electron chi connectivity index (χ1n) is 4.29. The smallest absolute Gasteiger partial charge is 0.397 e. The number of hydrogen-bond donors (Lipinski definition) is 0. The topological polar surface area (TPSA) is 38.8 Å². The molecule has 0 aromatic rings. The molecule has 6 heteroatoms. The first kappa shape index (κ1) is 12.0. The predicted molar refractivity (Wildman–Crippen MR) is 45.1 cm³/mol. The molecule has 3 nitrogen and oxygen atoms in total. The van der Waals surface area contributed by atoms with Gasteiger partial charge in [-0.25, -0.2) is 4.79 Å². The molecule has 1 rings (SSSR count). The van der Waals surface area contributed by atoms with Gasteiger partial charge in [-0.3, -0.25) is 0 Å². The Hall–Kier alpha value is -1.04. The number of ether oxygens (including phenoxy) is 2. The van der Waals surface area contributed by atoms with Crippen molar-refractivity contribution in [3.05, 3.63) is 12.7 Å². The number of carbonyl (C=O) groups is 1. The highest BCUT2D eigenvalue weighted by Crippen LogP contribution is 2.44. The van der Waals surface area contributed by atoms with Gasteiger partial charge in [0.05, 0.1) is 6.61 Å². The minimum Gasteiger partial charge on any atom is -0.462 e. The SMILES string of the molecule is C=CC(=O)OCC(C(F)(F)F)C1(C)CO1. The van der Waals surface area contributed by atoms with Gasteiger partial charge in [0, 0.05) is 6.08 Å². The maximum Gasteiger partial charge on any atom is 0.397 e. The molecule has 0 bridgehead atoms. The molecule has 0 amide bonds. The summed E-state index contributed by atoms with van der Waals surface area (Å²) in [6.45, 7) is 3.73. The Bertz CT molecular complexity index is 263. The van der Waals surface area contributed by atoms with E-state index in [9.17, 15) is 18.0 Å². The zero-order valence-corrected chi connectivity index (χ0v) is 8.13. The predicted octanol–water partition coefficient (Wildman–Crippen LogP) is 1.68. The second kappa shape index (κ2) is 3.84. The summed E-state index contributed by atoms with van der Waals surface area (Å²) in [6, 6.07) is 0. The van der Waals surface area contributed by atoms with Crippen molar-refractivity contribution in [2.45, 2.75) is 18.7 Å². The lowest BCUT2D eigenvalue weighted by molar-refractivity contribution is -0.203. The molecular formula is C9H11F3O3. The molecule has 0 aliphatic carbocycles. The van der Waals surface area contributed by atoms with Crippen molar-refractivity contribution in [1.29, 1.82) is 0 Å². The lowest BCUT2D eigenvalue weighted by Gasteiger charge is -2.22. The molecule has 2 atom stereocenters. The molecule has 86 valence electrons. The van der Waals surface area contributed by atoms with Gasteiger partial charge in [0.1, 0.15) is 18.1 Å². The zero-order valence-electron chi connectivity index (χ0n) is 8.13. The fourth-order valence-electron chi connectivity index (χ4n) is 1.16. The lowest BCUT2D eigenvalue weighted by atomic mass is 9.95. The Balaban J connectivity index is 2.59. The van der Waals surface area contributed by atoms with Crippen LogP contribution in [0, 0.1) is 5.92 Å². The maximum absolute atomic E-state index is 12.5. The molecule has 15 heavy (non-hydrogen) atoms. The highest BCUT2D eigenvalue weighted by Gasteiger charge is 2.59. The Morgan fingerprint density at radius 3 is 2.60 bits per heavy atom. The van der Waals surface area contributed by atoms with Gasteiger partial charge >= 0.3 is 12.1 Å². The van der Waals surface area contributed by atoms with Crippen molar-refractivity contribution in [2.75, 3.05) is 13.2 Å². The molecule has 1 aliphatic heterocycles. The zero-order chi connectivity index (χ0) is 11.7. The standard InChI is InChI=1S/C9H11F3O3/c1-3-7(13)14-4-6(9(10,11)12)8(2)5-15-8/h3,6H,1,4-5H2,2H3. The summed E-state index contributed by atoms with van der Waals surface area (Å²) in [5.41, 5.74) is -1.25. The normalized spacial score (nSPS) is 26.9. The van der Waals surface area contributed by atoms with Gasteiger partial charge in [-0.15, -0.1) is 0 Å². The van der Waals surface area contributed by atoms with Gasteiger partial charge in [-0.05, 0) is 6.92 Å². The first-order chi connectivity index (χ1) is 6.79. The van der Waals surface area contributed by atoms with Crippen LogP contribution >= 0.6 is 0 Å². The van der Waals surface area contributed by atoms with Gasteiger partial charge in [-0.2, -0.15) is 13.2 Å². The van der Waals surface area contributed by atoms with Crippen LogP contribution in [0.2, 0.25) is 0 Å². The third-order valence-corrected chi connectivity index (χ3v) is 2.29. The van der Waals surface area contributed by atoms with Crippen LogP contribution in [0.4, 0.5) is 13.2 Å². The van der Waals surface area contributed by atoms with Crippen LogP contribution in [0.5, 0.6) is 0 Å². The van der Waals surface area contributed by atoms with Crippen LogP contribution in [-0.2, 0) is 14.3 Å². The van der Waals surface area contributed by atoms with E-state index in [1.807, 2.05) is 0 Å². The van der Waals surface area contributed by atoms with Crippen molar-refractivity contribution in [3.63, 3.8) is 0 Å². The molecule has 1 fully saturated rings. The number of hydrogen-bond acceptors (Lipinski definition) is 3. The average molecular weight is 224 g/mol. The summed E-state index contributed by atoms with van der Waals surface area (Å²) < 4.78 is 46.6. The van der Waals surface area contributed by atoms with Crippen LogP contribution in [-0.4, -0.2) is 31.0 Å². The molecule has 0 saturated carbocycles. The summed E-state index contributed by atoms with van der Waals surface area (Å²) in [5, 5.41) is 0. The largest absolute Gasteiger partial charge is 0.462 e. The van der Waals surface area contributed by atoms with Crippen LogP contribution in [0.15, 0.2) is 12.7 Å². The van der Waals surface area contributed by atoms with Crippen molar-refractivity contribution in [1.82, 2.24) is 0 Å². The van der Waals surface area contributed by atoms with Crippen molar-refractivity contribution < 1.29 is 27.4 Å². The number of halogens is 3. The van der Waals surface area contributed by atoms with Gasteiger partial charge < -0.3 is 9.47 Å². The van der Waals surface area contributed by atoms with E-state index in [4.69, 9.17) is 4.74 Å². The van der Waals surface area contributed by atoms with E-state index >= 15 is 0 Å². The number of rotatable bonds is 4. The second-order valence-corrected chi connectivity index (χ2v) is 3.53. The van der Waals surface area contributed by atoms with E-state index in [0.717, 1.165) is 6.08 Å². The molecule has 0 spiro atoms. The number of epoxide rings is 1. The van der Waals surface area contributed by atoms with Crippen molar-refractivity contribution in [3.8, 4) is 0 Å². The molecule has 2 unspecified atom stereocenters. The monoisotopic (exact) mass is 224 g/mol. The second-order valence-electron chi connectivity index (χ2n) is 3.53. The molecular weight excluding hydrogens is 213 g/mol. The van der Waals surface area contributed by atoms with E-state index in [0.29, 0.717) is 0 Å². The Labute approximate surface area is 84.8 Å². The van der Waals surface area contributed by atoms with Crippen molar-refractivity contribution >= 4 is 5.97 Å². The Morgan fingerprint density at radius 2 is 2.27 bits per heavy atom. The van der Waals surface area contributed by atoms with Crippen LogP contribution in [0.1, 0.15) is 6.92 Å². The Kier molecular flexibility index (Phi) is 3.08. The van der Waals surface area contributed by atoms with E-state index < -0.39 is 30.3 Å². The average Bonchev–Trinajstić information content (AvgIpc) is 2.81. The van der Waals surface area contributed by atoms with Crippen LogP contribution in [0.25, 0.3) is 0 Å². The number of esters is 1. The van der Waals surface area contributed by atoms with Crippen molar-refractivity contribution in [2.24, 2.45) is 5.92 Å². The molecule has 1 heterocycles. The van der Waals surface area contributed by atoms with E-state index in [1.165, 1.54) is 6.92 Å². The fraction of sp³-hybridized carbons (Fsp3) is 0.667. The fourth-order valence-corrected chi connectivity index (χ4v) is 1.16. The van der Waals surface area contributed by atoms with Gasteiger partial charge in [0.15, 0.2) is 0 Å². The third kappa shape index (κ3) is 2.95.